The smallest absolute Gasteiger partial charge is 0.224 e. The van der Waals surface area contributed by atoms with E-state index in [1.807, 2.05) is 12.1 Å². The van der Waals surface area contributed by atoms with Gasteiger partial charge in [-0.1, -0.05) is 34.6 Å². The molecule has 11 nitrogen and oxygen atoms in total. The summed E-state index contributed by atoms with van der Waals surface area (Å²) >= 11 is 0. The Hall–Kier alpha value is -5.50. The van der Waals surface area contributed by atoms with Gasteiger partial charge in [0.15, 0.2) is 11.2 Å². The van der Waals surface area contributed by atoms with E-state index in [0.29, 0.717) is 35.8 Å². The normalized spacial score (nSPS) is 17.7. The Labute approximate surface area is 341 Å². The Morgan fingerprint density at radius 1 is 0.576 bits per heavy atom. The van der Waals surface area contributed by atoms with Gasteiger partial charge < -0.3 is 35.0 Å². The molecule has 0 aliphatic carbocycles. The third-order valence-electron chi connectivity index (χ3n) is 12.4. The van der Waals surface area contributed by atoms with Gasteiger partial charge in [0.2, 0.25) is 11.8 Å². The number of carbonyl (C=O) groups is 2. The Balaban J connectivity index is 0.000000161. The number of fused-ring (bicyclic) bond motifs is 4. The first-order valence-corrected chi connectivity index (χ1v) is 20.7. The fourth-order valence-electron chi connectivity index (χ4n) is 9.07. The number of piperidine rings is 2. The molecule has 4 aliphatic heterocycles. The van der Waals surface area contributed by atoms with Crippen LogP contribution in [0.5, 0.6) is 0 Å². The average molecular weight is 805 g/mol. The van der Waals surface area contributed by atoms with Gasteiger partial charge in [0.1, 0.15) is 11.6 Å². The van der Waals surface area contributed by atoms with Crippen molar-refractivity contribution in [1.82, 2.24) is 20.1 Å². The zero-order valence-electron chi connectivity index (χ0n) is 33.1. The molecule has 2 saturated heterocycles. The second-order valence-electron chi connectivity index (χ2n) is 16.2. The largest absolute Gasteiger partial charge is 0.412 e. The predicted octanol–water partition coefficient (Wildman–Crippen LogP) is 7.72. The summed E-state index contributed by atoms with van der Waals surface area (Å²) in [5.41, 5.74) is 10.1. The van der Waals surface area contributed by atoms with Gasteiger partial charge in [-0.25, -0.2) is 8.78 Å². The van der Waals surface area contributed by atoms with E-state index < -0.39 is 0 Å². The van der Waals surface area contributed by atoms with Crippen LogP contribution in [0.3, 0.4) is 0 Å². The number of hydrogen-bond donors (Lipinski definition) is 2. The fraction of sp³-hybridized carbons (Fsp3) is 0.391. The van der Waals surface area contributed by atoms with Crippen LogP contribution in [0.25, 0.3) is 21.9 Å². The first-order valence-electron chi connectivity index (χ1n) is 20.7. The summed E-state index contributed by atoms with van der Waals surface area (Å²) in [6.07, 6.45) is 8.98. The van der Waals surface area contributed by atoms with E-state index >= 15 is 0 Å². The van der Waals surface area contributed by atoms with Crippen LogP contribution in [0.4, 0.5) is 20.2 Å². The Bertz CT molecular complexity index is 2280. The topological polar surface area (TPSA) is 148 Å². The highest BCUT2D eigenvalue weighted by Crippen LogP contribution is 2.35. The van der Waals surface area contributed by atoms with Gasteiger partial charge in [0, 0.05) is 72.0 Å². The van der Waals surface area contributed by atoms with Crippen molar-refractivity contribution in [3.8, 4) is 0 Å². The molecular weight excluding hydrogens is 755 g/mol. The zero-order chi connectivity index (χ0) is 39.6. The Kier molecular flexibility index (Phi) is 12.1. The lowest BCUT2D eigenvalue weighted by Crippen LogP contribution is -2.34. The highest BCUT2D eigenvalue weighted by atomic mass is 19.1. The maximum absolute atomic E-state index is 13.4. The lowest BCUT2D eigenvalue weighted by atomic mass is 9.91. The molecule has 0 spiro atoms. The minimum absolute atomic E-state index is 0. The maximum atomic E-state index is 13.4. The molecule has 10 rings (SSSR count). The van der Waals surface area contributed by atoms with E-state index in [1.165, 1.54) is 46.5 Å². The lowest BCUT2D eigenvalue weighted by Gasteiger charge is -2.31. The highest BCUT2D eigenvalue weighted by Gasteiger charge is 2.27. The third kappa shape index (κ3) is 9.22. The number of carbonyl (C=O) groups excluding carboxylic acids is 2. The van der Waals surface area contributed by atoms with Crippen molar-refractivity contribution < 1.29 is 32.9 Å². The van der Waals surface area contributed by atoms with E-state index in [-0.39, 0.29) is 28.9 Å². The summed E-state index contributed by atoms with van der Waals surface area (Å²) in [6.45, 7) is 6.18. The van der Waals surface area contributed by atoms with Crippen LogP contribution in [0.2, 0.25) is 0 Å². The lowest BCUT2D eigenvalue weighted by molar-refractivity contribution is -0.117. The van der Waals surface area contributed by atoms with Crippen LogP contribution in [-0.4, -0.2) is 76.7 Å². The molecule has 2 amide bonds. The minimum Gasteiger partial charge on any atom is -0.412 e. The summed E-state index contributed by atoms with van der Waals surface area (Å²) in [5.74, 6) is 0.367. The molecule has 6 aromatic rings. The van der Waals surface area contributed by atoms with E-state index in [4.69, 9.17) is 9.05 Å². The standard InChI is InChI=1S/2C23H24FN3O2.H2O/c2*24-18-3-4-19-21(14-18)29-26-23(19)16-8-11-27(12-9-16)10-7-15-1-5-20-17(13-15)2-6-22(28)25-20;/h2*1,3-5,13-14,16H,2,6-12H2,(H,25,28);1H2. The molecule has 0 atom stereocenters. The van der Waals surface area contributed by atoms with E-state index in [2.05, 4.69) is 55.0 Å². The van der Waals surface area contributed by atoms with Gasteiger partial charge in [-0.2, -0.15) is 0 Å². The monoisotopic (exact) mass is 804 g/mol. The number of likely N-dealkylation sites (tertiary alicyclic amines) is 2. The highest BCUT2D eigenvalue weighted by molar-refractivity contribution is 5.94. The molecule has 4 N–H and O–H groups in total. The van der Waals surface area contributed by atoms with Crippen molar-refractivity contribution in [1.29, 1.82) is 0 Å². The van der Waals surface area contributed by atoms with Gasteiger partial charge in [-0.15, -0.1) is 0 Å². The van der Waals surface area contributed by atoms with Crippen molar-refractivity contribution in [3.63, 3.8) is 0 Å². The summed E-state index contributed by atoms with van der Waals surface area (Å²) in [7, 11) is 0. The van der Waals surface area contributed by atoms with Crippen molar-refractivity contribution >= 4 is 45.1 Å². The number of nitrogens with one attached hydrogen (secondary N) is 2. The minimum atomic E-state index is -0.292. The van der Waals surface area contributed by atoms with E-state index in [1.54, 1.807) is 12.1 Å². The molecule has 0 radical (unpaired) electrons. The molecule has 0 bridgehead atoms. The number of hydrogen-bond acceptors (Lipinski definition) is 8. The molecule has 308 valence electrons. The molecule has 13 heteroatoms. The number of nitrogens with zero attached hydrogens (tertiary/aromatic N) is 4. The molecule has 4 aliphatic rings. The van der Waals surface area contributed by atoms with Crippen LogP contribution in [0.15, 0.2) is 81.8 Å². The van der Waals surface area contributed by atoms with Gasteiger partial charge in [0.25, 0.3) is 0 Å². The Morgan fingerprint density at radius 3 is 1.42 bits per heavy atom. The average Bonchev–Trinajstić information content (AvgIpc) is 3.86. The maximum Gasteiger partial charge on any atom is 0.224 e. The van der Waals surface area contributed by atoms with Crippen molar-refractivity contribution in [2.75, 3.05) is 49.9 Å². The SMILES string of the molecule is O.O=C1CCc2cc(CCN3CCC(c4noc5cc(F)ccc45)CC3)ccc2N1.O=C1CCc2cc(CCN3CCC(c4noc5cc(F)ccc45)CC3)ccc2N1. The van der Waals surface area contributed by atoms with Crippen LogP contribution < -0.4 is 10.6 Å². The zero-order valence-corrected chi connectivity index (χ0v) is 33.1. The summed E-state index contributed by atoms with van der Waals surface area (Å²) in [6, 6.07) is 22.1. The molecule has 59 heavy (non-hydrogen) atoms. The van der Waals surface area contributed by atoms with E-state index in [9.17, 15) is 18.4 Å². The first-order chi connectivity index (χ1) is 28.3. The quantitative estimate of drug-likeness (QED) is 0.159. The molecule has 4 aromatic carbocycles. The fourth-order valence-corrected chi connectivity index (χ4v) is 9.07. The summed E-state index contributed by atoms with van der Waals surface area (Å²) < 4.78 is 37.4. The summed E-state index contributed by atoms with van der Waals surface area (Å²) in [5, 5.41) is 16.2. The van der Waals surface area contributed by atoms with Crippen LogP contribution in [0.1, 0.15) is 84.0 Å². The second-order valence-corrected chi connectivity index (χ2v) is 16.2. The van der Waals surface area contributed by atoms with Gasteiger partial charge >= 0.3 is 0 Å². The van der Waals surface area contributed by atoms with Gasteiger partial charge in [-0.05, 0) is 136 Å². The molecule has 2 aromatic heterocycles. The number of aromatic nitrogens is 2. The number of aryl methyl sites for hydroxylation is 2. The number of benzene rings is 4. The van der Waals surface area contributed by atoms with Crippen LogP contribution in [0, 0.1) is 11.6 Å². The van der Waals surface area contributed by atoms with Crippen LogP contribution in [-0.2, 0) is 35.3 Å². The van der Waals surface area contributed by atoms with Gasteiger partial charge in [-0.3, -0.25) is 9.59 Å². The van der Waals surface area contributed by atoms with E-state index in [0.717, 1.165) is 124 Å². The summed E-state index contributed by atoms with van der Waals surface area (Å²) in [4.78, 5) is 28.0. The number of rotatable bonds is 8. The third-order valence-corrected chi connectivity index (χ3v) is 12.4. The van der Waals surface area contributed by atoms with Crippen molar-refractivity contribution in [2.45, 2.75) is 76.0 Å². The van der Waals surface area contributed by atoms with Crippen LogP contribution >= 0.6 is 0 Å². The Morgan fingerprint density at radius 2 is 1.00 bits per heavy atom. The second kappa shape index (κ2) is 17.8. The number of halogens is 2. The molecule has 6 heterocycles. The van der Waals surface area contributed by atoms with Crippen molar-refractivity contribution in [3.05, 3.63) is 118 Å². The molecule has 2 fully saturated rings. The van der Waals surface area contributed by atoms with Crippen molar-refractivity contribution in [2.24, 2.45) is 0 Å². The van der Waals surface area contributed by atoms with Gasteiger partial charge in [0.05, 0.1) is 11.4 Å². The predicted molar refractivity (Wildman–Crippen MR) is 223 cm³/mol. The molecular formula is C46H50F2N6O5. The first kappa shape index (κ1) is 40.3. The molecule has 0 saturated carbocycles. The molecule has 0 unspecified atom stereocenters. The number of anilines is 2. The number of amides is 2.